The number of rotatable bonds is 8. The van der Waals surface area contributed by atoms with Crippen molar-refractivity contribution in [2.45, 2.75) is 37.6 Å². The monoisotopic (exact) mass is 438 g/mol. The van der Waals surface area contributed by atoms with E-state index in [0.717, 1.165) is 29.0 Å². The molecule has 1 N–H and O–H groups in total. The number of hydrogen-bond donors (Lipinski definition) is 1. The molecule has 1 atom stereocenters. The van der Waals surface area contributed by atoms with Crippen LogP contribution in [-0.2, 0) is 0 Å². The number of benzene rings is 2. The van der Waals surface area contributed by atoms with Crippen LogP contribution in [0.2, 0.25) is 0 Å². The van der Waals surface area contributed by atoms with Crippen molar-refractivity contribution >= 4 is 17.4 Å². The SMILES string of the molecule is CCCCCSc1nnc2c(n1)OC(c1ccc(OC)c(OC)c1)Nc1ccccc1-2. The summed E-state index contributed by atoms with van der Waals surface area (Å²) in [6.07, 6.45) is 3.03. The molecule has 2 heterocycles. The lowest BCUT2D eigenvalue weighted by Crippen LogP contribution is -2.17. The first-order valence-electron chi connectivity index (χ1n) is 10.4. The van der Waals surface area contributed by atoms with Gasteiger partial charge in [-0.05, 0) is 30.7 Å². The number of methoxy groups -OCH3 is 2. The van der Waals surface area contributed by atoms with Crippen LogP contribution in [0.3, 0.4) is 0 Å². The highest BCUT2D eigenvalue weighted by Gasteiger charge is 2.26. The maximum absolute atomic E-state index is 6.33. The standard InChI is InChI=1S/C23H26N4O3S/c1-4-5-8-13-31-23-25-22-20(26-27-23)16-9-6-7-10-17(16)24-21(30-22)15-11-12-18(28-2)19(14-15)29-3/h6-7,9-12,14,21,24H,4-5,8,13H2,1-3H3. The van der Waals surface area contributed by atoms with E-state index in [2.05, 4.69) is 22.4 Å². The number of nitrogens with one attached hydrogen (secondary N) is 1. The van der Waals surface area contributed by atoms with Crippen LogP contribution in [0.25, 0.3) is 11.3 Å². The summed E-state index contributed by atoms with van der Waals surface area (Å²) in [4.78, 5) is 4.69. The topological polar surface area (TPSA) is 78.4 Å². The van der Waals surface area contributed by atoms with Crippen LogP contribution in [0.1, 0.15) is 38.0 Å². The highest BCUT2D eigenvalue weighted by Crippen LogP contribution is 2.40. The molecule has 1 aromatic heterocycles. The van der Waals surface area contributed by atoms with Crippen LogP contribution in [-0.4, -0.2) is 35.2 Å². The largest absolute Gasteiger partial charge is 0.493 e. The average molecular weight is 439 g/mol. The summed E-state index contributed by atoms with van der Waals surface area (Å²) in [5.74, 6) is 2.72. The normalized spacial score (nSPS) is 14.5. The summed E-state index contributed by atoms with van der Waals surface area (Å²) >= 11 is 1.61. The van der Waals surface area contributed by atoms with E-state index in [9.17, 15) is 0 Å². The second-order valence-corrected chi connectivity index (χ2v) is 8.17. The number of anilines is 1. The Labute approximate surface area is 186 Å². The molecule has 31 heavy (non-hydrogen) atoms. The van der Waals surface area contributed by atoms with Crippen LogP contribution in [0.15, 0.2) is 47.6 Å². The summed E-state index contributed by atoms with van der Waals surface area (Å²) in [6, 6.07) is 13.6. The van der Waals surface area contributed by atoms with Gasteiger partial charge in [-0.15, -0.1) is 10.2 Å². The molecule has 0 amide bonds. The van der Waals surface area contributed by atoms with E-state index in [0.29, 0.717) is 28.2 Å². The third-order valence-electron chi connectivity index (χ3n) is 5.02. The van der Waals surface area contributed by atoms with Crippen molar-refractivity contribution in [2.75, 3.05) is 25.3 Å². The van der Waals surface area contributed by atoms with Gasteiger partial charge in [-0.2, -0.15) is 4.98 Å². The number of thioether (sulfide) groups is 1. The fourth-order valence-corrected chi connectivity index (χ4v) is 4.17. The molecule has 4 rings (SSSR count). The van der Waals surface area contributed by atoms with Crippen molar-refractivity contribution in [3.63, 3.8) is 0 Å². The van der Waals surface area contributed by atoms with Crippen molar-refractivity contribution in [2.24, 2.45) is 0 Å². The maximum Gasteiger partial charge on any atom is 0.247 e. The minimum absolute atomic E-state index is 0.463. The molecular weight excluding hydrogens is 412 g/mol. The Bertz CT molecular complexity index is 1050. The third kappa shape index (κ3) is 4.69. The minimum Gasteiger partial charge on any atom is -0.493 e. The summed E-state index contributed by atoms with van der Waals surface area (Å²) < 4.78 is 17.2. The van der Waals surface area contributed by atoms with Gasteiger partial charge in [0.2, 0.25) is 11.0 Å². The Morgan fingerprint density at radius 1 is 1.03 bits per heavy atom. The van der Waals surface area contributed by atoms with Gasteiger partial charge in [0.25, 0.3) is 0 Å². The zero-order chi connectivity index (χ0) is 21.6. The number of para-hydroxylation sites is 1. The molecule has 0 spiro atoms. The number of aromatic nitrogens is 3. The van der Waals surface area contributed by atoms with E-state index in [4.69, 9.17) is 19.2 Å². The number of unbranched alkanes of at least 4 members (excludes halogenated alkanes) is 2. The van der Waals surface area contributed by atoms with E-state index in [1.807, 2.05) is 42.5 Å². The average Bonchev–Trinajstić information content (AvgIpc) is 2.98. The Balaban J connectivity index is 1.69. The van der Waals surface area contributed by atoms with Gasteiger partial charge >= 0.3 is 0 Å². The molecular formula is C23H26N4O3S. The lowest BCUT2D eigenvalue weighted by Gasteiger charge is -2.20. The second-order valence-electron chi connectivity index (χ2n) is 7.11. The summed E-state index contributed by atoms with van der Waals surface area (Å²) in [5.41, 5.74) is 3.32. The van der Waals surface area contributed by atoms with E-state index in [-0.39, 0.29) is 0 Å². The smallest absolute Gasteiger partial charge is 0.247 e. The summed E-state index contributed by atoms with van der Waals surface area (Å²) in [6.45, 7) is 2.19. The van der Waals surface area contributed by atoms with Gasteiger partial charge in [0.05, 0.1) is 14.2 Å². The van der Waals surface area contributed by atoms with Gasteiger partial charge in [-0.25, -0.2) is 0 Å². The van der Waals surface area contributed by atoms with Crippen LogP contribution in [0, 0.1) is 0 Å². The molecule has 2 aromatic carbocycles. The highest BCUT2D eigenvalue weighted by molar-refractivity contribution is 7.99. The van der Waals surface area contributed by atoms with E-state index < -0.39 is 6.23 Å². The molecule has 0 saturated carbocycles. The first kappa shape index (κ1) is 21.2. The van der Waals surface area contributed by atoms with Crippen molar-refractivity contribution in [3.05, 3.63) is 48.0 Å². The van der Waals surface area contributed by atoms with Crippen molar-refractivity contribution in [1.82, 2.24) is 15.2 Å². The lowest BCUT2D eigenvalue weighted by atomic mass is 10.1. The summed E-state index contributed by atoms with van der Waals surface area (Å²) in [5, 5.41) is 12.9. The predicted molar refractivity (Wildman–Crippen MR) is 122 cm³/mol. The van der Waals surface area contributed by atoms with Crippen molar-refractivity contribution in [3.8, 4) is 28.6 Å². The first-order valence-corrected chi connectivity index (χ1v) is 11.3. The number of ether oxygens (including phenoxy) is 3. The minimum atomic E-state index is -0.475. The molecule has 0 fully saturated rings. The van der Waals surface area contributed by atoms with Crippen LogP contribution >= 0.6 is 11.8 Å². The maximum atomic E-state index is 6.33. The van der Waals surface area contributed by atoms with E-state index >= 15 is 0 Å². The van der Waals surface area contributed by atoms with Gasteiger partial charge < -0.3 is 19.5 Å². The van der Waals surface area contributed by atoms with Gasteiger partial charge in [-0.3, -0.25) is 0 Å². The van der Waals surface area contributed by atoms with Gasteiger partial charge in [0.1, 0.15) is 0 Å². The van der Waals surface area contributed by atoms with E-state index in [1.165, 1.54) is 12.8 Å². The fourth-order valence-electron chi connectivity index (χ4n) is 3.39. The molecule has 8 heteroatoms. The van der Waals surface area contributed by atoms with Crippen molar-refractivity contribution < 1.29 is 14.2 Å². The molecule has 1 aliphatic rings. The molecule has 0 radical (unpaired) electrons. The van der Waals surface area contributed by atoms with Gasteiger partial charge in [0, 0.05) is 22.6 Å². The Morgan fingerprint density at radius 2 is 1.87 bits per heavy atom. The Hall–Kier alpha value is -3.00. The molecule has 1 unspecified atom stereocenters. The van der Waals surface area contributed by atoms with Crippen LogP contribution in [0.5, 0.6) is 17.4 Å². The van der Waals surface area contributed by atoms with Crippen LogP contribution < -0.4 is 19.5 Å². The number of nitrogens with zero attached hydrogens (tertiary/aromatic N) is 3. The lowest BCUT2D eigenvalue weighted by molar-refractivity contribution is 0.224. The van der Waals surface area contributed by atoms with Gasteiger partial charge in [-0.1, -0.05) is 49.7 Å². The first-order chi connectivity index (χ1) is 15.2. The Kier molecular flexibility index (Phi) is 6.76. The third-order valence-corrected chi connectivity index (χ3v) is 5.95. The molecule has 3 aromatic rings. The van der Waals surface area contributed by atoms with Crippen molar-refractivity contribution in [1.29, 1.82) is 0 Å². The molecule has 7 nitrogen and oxygen atoms in total. The fraction of sp³-hybridized carbons (Fsp3) is 0.348. The molecule has 0 aliphatic carbocycles. The molecule has 0 bridgehead atoms. The molecule has 0 saturated heterocycles. The Morgan fingerprint density at radius 3 is 2.68 bits per heavy atom. The van der Waals surface area contributed by atoms with E-state index in [1.54, 1.807) is 26.0 Å². The quantitative estimate of drug-likeness (QED) is 0.373. The summed E-state index contributed by atoms with van der Waals surface area (Å²) in [7, 11) is 3.24. The second kappa shape index (κ2) is 9.87. The highest BCUT2D eigenvalue weighted by atomic mass is 32.2. The zero-order valence-corrected chi connectivity index (χ0v) is 18.7. The number of hydrogen-bond acceptors (Lipinski definition) is 8. The van der Waals surface area contributed by atoms with Crippen LogP contribution in [0.4, 0.5) is 5.69 Å². The van der Waals surface area contributed by atoms with Gasteiger partial charge in [0.15, 0.2) is 23.4 Å². The zero-order valence-electron chi connectivity index (χ0n) is 17.9. The molecule has 162 valence electrons. The predicted octanol–water partition coefficient (Wildman–Crippen LogP) is 5.34. The number of fused-ring (bicyclic) bond motifs is 3. The molecule has 1 aliphatic heterocycles.